The monoisotopic (exact) mass is 229 g/mol. The quantitative estimate of drug-likeness (QED) is 0.786. The number of aromatic nitrogens is 4. The summed E-state index contributed by atoms with van der Waals surface area (Å²) >= 11 is 0. The van der Waals surface area contributed by atoms with Crippen molar-refractivity contribution < 1.29 is 5.11 Å². The molecule has 2 heterocycles. The summed E-state index contributed by atoms with van der Waals surface area (Å²) in [6.07, 6.45) is 3.16. The lowest BCUT2D eigenvalue weighted by atomic mass is 10.5. The van der Waals surface area contributed by atoms with Crippen molar-refractivity contribution in [3.8, 4) is 0 Å². The maximum atomic E-state index is 8.67. The average Bonchev–Trinajstić information content (AvgIpc) is 2.58. The van der Waals surface area contributed by atoms with E-state index in [1.807, 2.05) is 11.6 Å². The molecule has 7 heteroatoms. The van der Waals surface area contributed by atoms with Crippen LogP contribution < -0.4 is 5.32 Å². The predicted octanol–water partition coefficient (Wildman–Crippen LogP) is 0.189. The summed E-state index contributed by atoms with van der Waals surface area (Å²) < 4.78 is 1.82. The van der Waals surface area contributed by atoms with E-state index in [0.717, 1.165) is 11.2 Å². The lowest BCUT2D eigenvalue weighted by molar-refractivity contribution is 0.311. The van der Waals surface area contributed by atoms with Crippen LogP contribution in [0.15, 0.2) is 12.7 Å². The summed E-state index contributed by atoms with van der Waals surface area (Å²) in [5.74, 6) is 0.657. The highest BCUT2D eigenvalue weighted by Crippen LogP contribution is 2.15. The molecule has 0 unspecified atom stereocenters. The van der Waals surface area contributed by atoms with Gasteiger partial charge in [0.1, 0.15) is 11.8 Å². The highest BCUT2D eigenvalue weighted by molar-refractivity contribution is 5.85. The molecule has 6 nitrogen and oxygen atoms in total. The van der Waals surface area contributed by atoms with Gasteiger partial charge in [0.2, 0.25) is 0 Å². The Bertz CT molecular complexity index is 444. The van der Waals surface area contributed by atoms with Crippen LogP contribution in [0.5, 0.6) is 0 Å². The molecule has 0 fully saturated rings. The molecule has 0 spiro atoms. The number of hydrogen-bond donors (Lipinski definition) is 2. The van der Waals surface area contributed by atoms with E-state index in [1.165, 1.54) is 6.33 Å². The third kappa shape index (κ3) is 2.16. The topological polar surface area (TPSA) is 75.9 Å². The molecule has 0 saturated carbocycles. The van der Waals surface area contributed by atoms with Gasteiger partial charge in [-0.15, -0.1) is 12.4 Å². The second-order valence-electron chi connectivity index (χ2n) is 2.90. The fourth-order valence-corrected chi connectivity index (χ4v) is 1.25. The molecule has 2 aromatic rings. The first-order valence-corrected chi connectivity index (χ1v) is 4.29. The molecule has 82 valence electrons. The second-order valence-corrected chi connectivity index (χ2v) is 2.90. The average molecular weight is 230 g/mol. The molecular weight excluding hydrogens is 218 g/mol. The first-order valence-electron chi connectivity index (χ1n) is 4.29. The number of aliphatic hydroxyl groups is 1. The van der Waals surface area contributed by atoms with Crippen LogP contribution in [0.4, 0.5) is 5.82 Å². The summed E-state index contributed by atoms with van der Waals surface area (Å²) in [5, 5.41) is 11.6. The Kier molecular flexibility index (Phi) is 3.81. The summed E-state index contributed by atoms with van der Waals surface area (Å²) in [5.41, 5.74) is 1.50. The minimum Gasteiger partial charge on any atom is -0.395 e. The molecule has 0 aliphatic carbocycles. The van der Waals surface area contributed by atoms with Crippen LogP contribution in [0.25, 0.3) is 11.2 Å². The first kappa shape index (κ1) is 11.7. The van der Waals surface area contributed by atoms with Crippen molar-refractivity contribution in [2.45, 2.75) is 0 Å². The molecule has 0 bridgehead atoms. The zero-order chi connectivity index (χ0) is 9.97. The van der Waals surface area contributed by atoms with Crippen LogP contribution >= 0.6 is 12.4 Å². The van der Waals surface area contributed by atoms with Crippen molar-refractivity contribution in [1.29, 1.82) is 0 Å². The van der Waals surface area contributed by atoms with E-state index in [4.69, 9.17) is 5.11 Å². The summed E-state index contributed by atoms with van der Waals surface area (Å²) in [4.78, 5) is 12.3. The summed E-state index contributed by atoms with van der Waals surface area (Å²) in [6, 6.07) is 0. The number of rotatable bonds is 3. The van der Waals surface area contributed by atoms with Gasteiger partial charge in [-0.05, 0) is 0 Å². The molecule has 0 aliphatic heterocycles. The number of aryl methyl sites for hydroxylation is 1. The van der Waals surface area contributed by atoms with E-state index in [0.29, 0.717) is 12.4 Å². The van der Waals surface area contributed by atoms with E-state index in [1.54, 1.807) is 6.33 Å². The van der Waals surface area contributed by atoms with Crippen LogP contribution in [-0.4, -0.2) is 37.8 Å². The van der Waals surface area contributed by atoms with E-state index in [2.05, 4.69) is 20.3 Å². The number of nitrogens with one attached hydrogen (secondary N) is 1. The van der Waals surface area contributed by atoms with Gasteiger partial charge in [0, 0.05) is 13.6 Å². The minimum atomic E-state index is 0. The van der Waals surface area contributed by atoms with E-state index < -0.39 is 0 Å². The van der Waals surface area contributed by atoms with Crippen LogP contribution in [-0.2, 0) is 7.05 Å². The molecule has 0 radical (unpaired) electrons. The van der Waals surface area contributed by atoms with Gasteiger partial charge in [-0.2, -0.15) is 0 Å². The Balaban J connectivity index is 0.00000112. The molecule has 2 N–H and O–H groups in total. The Morgan fingerprint density at radius 1 is 1.40 bits per heavy atom. The number of imidazole rings is 1. The van der Waals surface area contributed by atoms with Crippen molar-refractivity contribution >= 4 is 29.4 Å². The standard InChI is InChI=1S/C8H11N5O.ClH/c1-13-5-12-6-7(9-2-3-14)10-4-11-8(6)13;/h4-5,14H,2-3H2,1H3,(H,9,10,11);1H. The van der Waals surface area contributed by atoms with Gasteiger partial charge >= 0.3 is 0 Å². The Morgan fingerprint density at radius 3 is 2.93 bits per heavy atom. The summed E-state index contributed by atoms with van der Waals surface area (Å²) in [6.45, 7) is 0.529. The van der Waals surface area contributed by atoms with Gasteiger partial charge in [0.25, 0.3) is 0 Å². The lowest BCUT2D eigenvalue weighted by Gasteiger charge is -2.02. The molecule has 2 aromatic heterocycles. The number of nitrogens with zero attached hydrogens (tertiary/aromatic N) is 4. The first-order chi connectivity index (χ1) is 6.83. The maximum Gasteiger partial charge on any atom is 0.165 e. The molecular formula is C8H12ClN5O. The van der Waals surface area contributed by atoms with Crippen molar-refractivity contribution in [3.63, 3.8) is 0 Å². The fourth-order valence-electron chi connectivity index (χ4n) is 1.25. The van der Waals surface area contributed by atoms with Crippen LogP contribution in [0.1, 0.15) is 0 Å². The third-order valence-electron chi connectivity index (χ3n) is 1.90. The van der Waals surface area contributed by atoms with Gasteiger partial charge in [-0.1, -0.05) is 0 Å². The molecule has 0 aromatic carbocycles. The van der Waals surface area contributed by atoms with Gasteiger partial charge in [-0.25, -0.2) is 15.0 Å². The minimum absolute atomic E-state index is 0. The number of fused-ring (bicyclic) bond motifs is 1. The van der Waals surface area contributed by atoms with Crippen LogP contribution in [0, 0.1) is 0 Å². The van der Waals surface area contributed by atoms with Crippen molar-refractivity contribution in [2.75, 3.05) is 18.5 Å². The van der Waals surface area contributed by atoms with Crippen LogP contribution in [0.2, 0.25) is 0 Å². The maximum absolute atomic E-state index is 8.67. The predicted molar refractivity (Wildman–Crippen MR) is 59.1 cm³/mol. The summed E-state index contributed by atoms with van der Waals surface area (Å²) in [7, 11) is 1.87. The Hall–Kier alpha value is -1.40. The Morgan fingerprint density at radius 2 is 2.20 bits per heavy atom. The normalized spacial score (nSPS) is 10.0. The molecule has 0 saturated heterocycles. The lowest BCUT2D eigenvalue weighted by Crippen LogP contribution is -2.07. The van der Waals surface area contributed by atoms with Gasteiger partial charge < -0.3 is 15.0 Å². The molecule has 0 atom stereocenters. The van der Waals surface area contributed by atoms with E-state index in [9.17, 15) is 0 Å². The zero-order valence-corrected chi connectivity index (χ0v) is 9.03. The number of halogens is 1. The number of anilines is 1. The molecule has 0 amide bonds. The highest BCUT2D eigenvalue weighted by atomic mass is 35.5. The van der Waals surface area contributed by atoms with Crippen molar-refractivity contribution in [1.82, 2.24) is 19.5 Å². The van der Waals surface area contributed by atoms with Gasteiger partial charge in [0.05, 0.1) is 12.9 Å². The molecule has 15 heavy (non-hydrogen) atoms. The van der Waals surface area contributed by atoms with E-state index >= 15 is 0 Å². The third-order valence-corrected chi connectivity index (χ3v) is 1.90. The largest absolute Gasteiger partial charge is 0.395 e. The van der Waals surface area contributed by atoms with Crippen molar-refractivity contribution in [3.05, 3.63) is 12.7 Å². The SMILES string of the molecule is Cl.Cn1cnc2c(NCCO)ncnc21. The van der Waals surface area contributed by atoms with Gasteiger partial charge in [-0.3, -0.25) is 0 Å². The highest BCUT2D eigenvalue weighted by Gasteiger charge is 2.06. The number of aliphatic hydroxyl groups excluding tert-OH is 1. The zero-order valence-electron chi connectivity index (χ0n) is 8.21. The van der Waals surface area contributed by atoms with Crippen LogP contribution in [0.3, 0.4) is 0 Å². The Labute approximate surface area is 92.8 Å². The van der Waals surface area contributed by atoms with E-state index in [-0.39, 0.29) is 19.0 Å². The second kappa shape index (κ2) is 4.90. The van der Waals surface area contributed by atoms with Crippen molar-refractivity contribution in [2.24, 2.45) is 7.05 Å². The fraction of sp³-hybridized carbons (Fsp3) is 0.375. The molecule has 0 aliphatic rings. The number of hydrogen-bond acceptors (Lipinski definition) is 5. The molecule has 2 rings (SSSR count). The van der Waals surface area contributed by atoms with Gasteiger partial charge in [0.15, 0.2) is 11.5 Å². The smallest absolute Gasteiger partial charge is 0.165 e.